The standard InChI is InChI=1S/C21H25N3O3S/c1-16-10-19(15-27-20-6-7-21(23-13-20)28(2,25)26)14-24(16)9-8-17-4-3-5-18(11-17)12-22/h3-7,11,13,16,19H,8-10,14-15H2,1-2H3/t16-,19+/m1/s1. The first-order valence-electron chi connectivity index (χ1n) is 9.37. The van der Waals surface area contributed by atoms with Gasteiger partial charge in [0.1, 0.15) is 5.75 Å². The van der Waals surface area contributed by atoms with Gasteiger partial charge in [0.2, 0.25) is 0 Å². The van der Waals surface area contributed by atoms with Gasteiger partial charge in [-0.3, -0.25) is 4.90 Å². The van der Waals surface area contributed by atoms with Crippen molar-refractivity contribution in [3.63, 3.8) is 0 Å². The van der Waals surface area contributed by atoms with Crippen LogP contribution < -0.4 is 4.74 Å². The fourth-order valence-electron chi connectivity index (χ4n) is 3.60. The second-order valence-electron chi connectivity index (χ2n) is 7.42. The highest BCUT2D eigenvalue weighted by Gasteiger charge is 2.29. The summed E-state index contributed by atoms with van der Waals surface area (Å²) in [4.78, 5) is 6.41. The van der Waals surface area contributed by atoms with E-state index in [4.69, 9.17) is 10.00 Å². The number of nitriles is 1. The summed E-state index contributed by atoms with van der Waals surface area (Å²) in [5.41, 5.74) is 1.89. The summed E-state index contributed by atoms with van der Waals surface area (Å²) < 4.78 is 28.7. The number of sulfone groups is 1. The van der Waals surface area contributed by atoms with Crippen molar-refractivity contribution in [1.82, 2.24) is 9.88 Å². The molecular formula is C21H25N3O3S. The predicted molar refractivity (Wildman–Crippen MR) is 107 cm³/mol. The molecule has 1 saturated heterocycles. The Bertz CT molecular complexity index is 952. The SMILES string of the molecule is C[C@@H]1C[C@H](COc2ccc(S(C)(=O)=O)nc2)CN1CCc1cccc(C#N)c1. The fourth-order valence-corrected chi connectivity index (χ4v) is 4.16. The second kappa shape index (κ2) is 8.72. The van der Waals surface area contributed by atoms with Crippen molar-refractivity contribution in [3.8, 4) is 11.8 Å². The van der Waals surface area contributed by atoms with Crippen LogP contribution in [0.15, 0.2) is 47.6 Å². The predicted octanol–water partition coefficient (Wildman–Crippen LogP) is 2.69. The van der Waals surface area contributed by atoms with E-state index in [1.807, 2.05) is 18.2 Å². The monoisotopic (exact) mass is 399 g/mol. The minimum Gasteiger partial charge on any atom is -0.492 e. The van der Waals surface area contributed by atoms with Crippen LogP contribution in [0.1, 0.15) is 24.5 Å². The van der Waals surface area contributed by atoms with Gasteiger partial charge in [0, 0.05) is 31.3 Å². The number of hydrogen-bond acceptors (Lipinski definition) is 6. The molecule has 0 radical (unpaired) electrons. The first kappa shape index (κ1) is 20.3. The highest BCUT2D eigenvalue weighted by molar-refractivity contribution is 7.90. The molecule has 28 heavy (non-hydrogen) atoms. The Labute approximate surface area is 166 Å². The summed E-state index contributed by atoms with van der Waals surface area (Å²) in [7, 11) is -3.29. The van der Waals surface area contributed by atoms with Crippen LogP contribution in [0.5, 0.6) is 5.75 Å². The topological polar surface area (TPSA) is 83.3 Å². The first-order chi connectivity index (χ1) is 13.3. The summed E-state index contributed by atoms with van der Waals surface area (Å²) >= 11 is 0. The van der Waals surface area contributed by atoms with Gasteiger partial charge in [0.15, 0.2) is 14.9 Å². The molecule has 0 spiro atoms. The van der Waals surface area contributed by atoms with Gasteiger partial charge in [-0.05, 0) is 49.6 Å². The number of likely N-dealkylation sites (tertiary alicyclic amines) is 1. The maximum atomic E-state index is 11.5. The third-order valence-electron chi connectivity index (χ3n) is 5.11. The number of rotatable bonds is 7. The van der Waals surface area contributed by atoms with Gasteiger partial charge in [-0.2, -0.15) is 5.26 Å². The molecule has 0 bridgehead atoms. The number of pyridine rings is 1. The van der Waals surface area contributed by atoms with E-state index in [-0.39, 0.29) is 5.03 Å². The van der Waals surface area contributed by atoms with E-state index in [1.165, 1.54) is 17.8 Å². The molecule has 148 valence electrons. The quantitative estimate of drug-likeness (QED) is 0.712. The van der Waals surface area contributed by atoms with E-state index < -0.39 is 9.84 Å². The maximum Gasteiger partial charge on any atom is 0.192 e. The van der Waals surface area contributed by atoms with Crippen molar-refractivity contribution in [1.29, 1.82) is 5.26 Å². The first-order valence-corrected chi connectivity index (χ1v) is 11.3. The summed E-state index contributed by atoms with van der Waals surface area (Å²) in [5.74, 6) is 1.02. The van der Waals surface area contributed by atoms with Crippen LogP contribution in [-0.2, 0) is 16.3 Å². The average molecular weight is 400 g/mol. The number of aromatic nitrogens is 1. The molecule has 0 unspecified atom stereocenters. The van der Waals surface area contributed by atoms with Gasteiger partial charge in [-0.15, -0.1) is 0 Å². The van der Waals surface area contributed by atoms with Gasteiger partial charge in [0.25, 0.3) is 0 Å². The van der Waals surface area contributed by atoms with Crippen molar-refractivity contribution in [2.24, 2.45) is 5.92 Å². The zero-order valence-electron chi connectivity index (χ0n) is 16.2. The Balaban J connectivity index is 1.49. The van der Waals surface area contributed by atoms with Crippen molar-refractivity contribution < 1.29 is 13.2 Å². The normalized spacial score (nSPS) is 20.0. The van der Waals surface area contributed by atoms with E-state index in [0.29, 0.717) is 29.9 Å². The minimum atomic E-state index is -3.29. The van der Waals surface area contributed by atoms with Gasteiger partial charge < -0.3 is 4.74 Å². The number of benzene rings is 1. The molecule has 1 aromatic heterocycles. The Morgan fingerprint density at radius 1 is 1.32 bits per heavy atom. The molecule has 6 nitrogen and oxygen atoms in total. The summed E-state index contributed by atoms with van der Waals surface area (Å²) in [6.07, 6.45) is 4.59. The highest BCUT2D eigenvalue weighted by atomic mass is 32.2. The third kappa shape index (κ3) is 5.31. The molecule has 1 aliphatic heterocycles. The van der Waals surface area contributed by atoms with Crippen LogP contribution in [0.3, 0.4) is 0 Å². The number of hydrogen-bond donors (Lipinski definition) is 0. The van der Waals surface area contributed by atoms with Crippen molar-refractivity contribution in [2.45, 2.75) is 30.8 Å². The number of nitrogens with zero attached hydrogens (tertiary/aromatic N) is 3. The largest absolute Gasteiger partial charge is 0.492 e. The highest BCUT2D eigenvalue weighted by Crippen LogP contribution is 2.24. The smallest absolute Gasteiger partial charge is 0.192 e. The third-order valence-corrected chi connectivity index (χ3v) is 6.11. The fraction of sp³-hybridized carbons (Fsp3) is 0.429. The summed E-state index contributed by atoms with van der Waals surface area (Å²) in [6.45, 7) is 4.74. The van der Waals surface area contributed by atoms with Crippen LogP contribution in [0, 0.1) is 17.2 Å². The summed E-state index contributed by atoms with van der Waals surface area (Å²) in [6, 6.07) is 13.6. The Morgan fingerprint density at radius 2 is 2.14 bits per heavy atom. The van der Waals surface area contributed by atoms with Gasteiger partial charge in [0.05, 0.1) is 24.4 Å². The van der Waals surface area contributed by atoms with E-state index in [2.05, 4.69) is 28.9 Å². The number of ether oxygens (including phenoxy) is 1. The average Bonchev–Trinajstić information content (AvgIpc) is 3.04. The molecule has 0 aliphatic carbocycles. The van der Waals surface area contributed by atoms with Crippen LogP contribution in [0.2, 0.25) is 0 Å². The molecule has 2 aromatic rings. The maximum absolute atomic E-state index is 11.5. The van der Waals surface area contributed by atoms with Gasteiger partial charge in [-0.25, -0.2) is 13.4 Å². The molecule has 1 aromatic carbocycles. The van der Waals surface area contributed by atoms with E-state index in [0.717, 1.165) is 32.2 Å². The molecule has 0 amide bonds. The zero-order chi connectivity index (χ0) is 20.1. The minimum absolute atomic E-state index is 0.0565. The lowest BCUT2D eigenvalue weighted by atomic mass is 10.1. The molecule has 0 saturated carbocycles. The van der Waals surface area contributed by atoms with E-state index in [1.54, 1.807) is 6.07 Å². The van der Waals surface area contributed by atoms with Crippen LogP contribution in [0.25, 0.3) is 0 Å². The molecule has 1 aliphatic rings. The lowest BCUT2D eigenvalue weighted by Crippen LogP contribution is -2.29. The summed E-state index contributed by atoms with van der Waals surface area (Å²) in [5, 5.41) is 9.07. The molecular weight excluding hydrogens is 374 g/mol. The molecule has 3 rings (SSSR count). The van der Waals surface area contributed by atoms with E-state index in [9.17, 15) is 8.42 Å². The molecule has 2 heterocycles. The van der Waals surface area contributed by atoms with Crippen LogP contribution in [-0.4, -0.2) is 50.3 Å². The molecule has 2 atom stereocenters. The Morgan fingerprint density at radius 3 is 2.82 bits per heavy atom. The van der Waals surface area contributed by atoms with Crippen molar-refractivity contribution in [2.75, 3.05) is 26.0 Å². The lowest BCUT2D eigenvalue weighted by molar-refractivity contribution is 0.234. The van der Waals surface area contributed by atoms with Gasteiger partial charge in [-0.1, -0.05) is 12.1 Å². The van der Waals surface area contributed by atoms with E-state index >= 15 is 0 Å². The van der Waals surface area contributed by atoms with Crippen molar-refractivity contribution >= 4 is 9.84 Å². The molecule has 0 N–H and O–H groups in total. The second-order valence-corrected chi connectivity index (χ2v) is 9.39. The Hall–Kier alpha value is -2.43. The van der Waals surface area contributed by atoms with Crippen molar-refractivity contribution in [3.05, 3.63) is 53.7 Å². The van der Waals surface area contributed by atoms with Crippen LogP contribution >= 0.6 is 0 Å². The Kier molecular flexibility index (Phi) is 6.32. The van der Waals surface area contributed by atoms with Crippen LogP contribution in [0.4, 0.5) is 0 Å². The molecule has 1 fully saturated rings. The molecule has 7 heteroatoms. The van der Waals surface area contributed by atoms with Gasteiger partial charge >= 0.3 is 0 Å². The lowest BCUT2D eigenvalue weighted by Gasteiger charge is -2.21. The zero-order valence-corrected chi connectivity index (χ0v) is 17.0.